The third-order valence-electron chi connectivity index (χ3n) is 4.10. The van der Waals surface area contributed by atoms with Crippen molar-refractivity contribution in [1.82, 2.24) is 10.6 Å². The van der Waals surface area contributed by atoms with Crippen LogP contribution in [0, 0.1) is 5.92 Å². The molecule has 17 heavy (non-hydrogen) atoms. The topological polar surface area (TPSA) is 61.4 Å². The van der Waals surface area contributed by atoms with E-state index in [2.05, 4.69) is 17.6 Å². The van der Waals surface area contributed by atoms with Crippen molar-refractivity contribution >= 4 is 5.91 Å². The first-order chi connectivity index (χ1) is 8.16. The largest absolute Gasteiger partial charge is 0.393 e. The van der Waals surface area contributed by atoms with E-state index in [1.165, 1.54) is 6.42 Å². The maximum atomic E-state index is 12.0. The summed E-state index contributed by atoms with van der Waals surface area (Å²) in [7, 11) is 0. The van der Waals surface area contributed by atoms with Gasteiger partial charge >= 0.3 is 0 Å². The van der Waals surface area contributed by atoms with Crippen LogP contribution in [0.3, 0.4) is 0 Å². The second-order valence-electron chi connectivity index (χ2n) is 5.57. The fourth-order valence-corrected chi connectivity index (χ4v) is 2.89. The predicted molar refractivity (Wildman–Crippen MR) is 66.6 cm³/mol. The molecular weight excluding hydrogens is 216 g/mol. The van der Waals surface area contributed by atoms with E-state index < -0.39 is 0 Å². The molecule has 4 heteroatoms. The van der Waals surface area contributed by atoms with Gasteiger partial charge in [0.1, 0.15) is 0 Å². The molecule has 1 aliphatic carbocycles. The van der Waals surface area contributed by atoms with E-state index in [-0.39, 0.29) is 24.1 Å². The van der Waals surface area contributed by atoms with Crippen LogP contribution in [0.15, 0.2) is 0 Å². The van der Waals surface area contributed by atoms with Crippen LogP contribution in [0.5, 0.6) is 0 Å². The summed E-state index contributed by atoms with van der Waals surface area (Å²) in [6, 6.07) is 0.260. The molecule has 1 unspecified atom stereocenters. The van der Waals surface area contributed by atoms with Gasteiger partial charge in [0.05, 0.1) is 12.1 Å². The van der Waals surface area contributed by atoms with Crippen molar-refractivity contribution in [3.63, 3.8) is 0 Å². The summed E-state index contributed by atoms with van der Waals surface area (Å²) in [5.74, 6) is 0.451. The Morgan fingerprint density at radius 2 is 2.12 bits per heavy atom. The highest BCUT2D eigenvalue weighted by molar-refractivity contribution is 5.82. The van der Waals surface area contributed by atoms with Crippen LogP contribution in [0.25, 0.3) is 0 Å². The summed E-state index contributed by atoms with van der Waals surface area (Å²) in [4.78, 5) is 12.0. The lowest BCUT2D eigenvalue weighted by Gasteiger charge is -2.33. The second kappa shape index (κ2) is 5.83. The standard InChI is InChI=1S/C13H24N2O2/c1-9-8-10(5-6-12(9)16)15-13(17)11-4-2-3-7-14-11/h9-12,14,16H,2-8H2,1H3,(H,15,17)/t9-,10+,11?,12-/m0/s1. The SMILES string of the molecule is C[C@H]1C[C@H](NC(=O)C2CCCCN2)CC[C@@H]1O. The van der Waals surface area contributed by atoms with Crippen LogP contribution >= 0.6 is 0 Å². The van der Waals surface area contributed by atoms with Gasteiger partial charge in [-0.2, -0.15) is 0 Å². The Morgan fingerprint density at radius 1 is 1.29 bits per heavy atom. The Bertz CT molecular complexity index is 264. The summed E-state index contributed by atoms with van der Waals surface area (Å²) in [5.41, 5.74) is 0. The monoisotopic (exact) mass is 240 g/mol. The van der Waals surface area contributed by atoms with Crippen LogP contribution in [0.4, 0.5) is 0 Å². The molecule has 1 saturated carbocycles. The quantitative estimate of drug-likeness (QED) is 0.669. The van der Waals surface area contributed by atoms with Crippen LogP contribution in [-0.4, -0.2) is 35.7 Å². The molecule has 4 atom stereocenters. The Morgan fingerprint density at radius 3 is 2.76 bits per heavy atom. The number of rotatable bonds is 2. The smallest absolute Gasteiger partial charge is 0.237 e. The Balaban J connectivity index is 1.78. The summed E-state index contributed by atoms with van der Waals surface area (Å²) in [6.07, 6.45) is 5.71. The summed E-state index contributed by atoms with van der Waals surface area (Å²) in [6.45, 7) is 3.01. The van der Waals surface area contributed by atoms with Crippen LogP contribution in [-0.2, 0) is 4.79 Å². The van der Waals surface area contributed by atoms with Crippen molar-refractivity contribution in [3.8, 4) is 0 Å². The van der Waals surface area contributed by atoms with Crippen molar-refractivity contribution in [2.75, 3.05) is 6.54 Å². The fraction of sp³-hybridized carbons (Fsp3) is 0.923. The maximum Gasteiger partial charge on any atom is 0.237 e. The van der Waals surface area contributed by atoms with Gasteiger partial charge < -0.3 is 15.7 Å². The number of aliphatic hydroxyl groups excluding tert-OH is 1. The summed E-state index contributed by atoms with van der Waals surface area (Å²) < 4.78 is 0. The number of hydrogen-bond donors (Lipinski definition) is 3. The van der Waals surface area contributed by atoms with E-state index in [0.29, 0.717) is 5.92 Å². The molecule has 0 bridgehead atoms. The van der Waals surface area contributed by atoms with Gasteiger partial charge in [0.15, 0.2) is 0 Å². The highest BCUT2D eigenvalue weighted by Crippen LogP contribution is 2.24. The van der Waals surface area contributed by atoms with E-state index in [4.69, 9.17) is 0 Å². The third-order valence-corrected chi connectivity index (χ3v) is 4.10. The third kappa shape index (κ3) is 3.42. The lowest BCUT2D eigenvalue weighted by atomic mass is 9.84. The molecule has 0 aromatic carbocycles. The lowest BCUT2D eigenvalue weighted by molar-refractivity contribution is -0.125. The number of carbonyl (C=O) groups is 1. The zero-order valence-electron chi connectivity index (χ0n) is 10.6. The number of amides is 1. The Hall–Kier alpha value is -0.610. The highest BCUT2D eigenvalue weighted by Gasteiger charge is 2.29. The van der Waals surface area contributed by atoms with Crippen LogP contribution in [0.2, 0.25) is 0 Å². The van der Waals surface area contributed by atoms with E-state index in [0.717, 1.165) is 38.6 Å². The van der Waals surface area contributed by atoms with Gasteiger partial charge in [-0.25, -0.2) is 0 Å². The maximum absolute atomic E-state index is 12.0. The zero-order valence-corrected chi connectivity index (χ0v) is 10.6. The molecule has 0 radical (unpaired) electrons. The number of nitrogens with one attached hydrogen (secondary N) is 2. The zero-order chi connectivity index (χ0) is 12.3. The average Bonchev–Trinajstić information content (AvgIpc) is 2.35. The van der Waals surface area contributed by atoms with Crippen molar-refractivity contribution in [3.05, 3.63) is 0 Å². The highest BCUT2D eigenvalue weighted by atomic mass is 16.3. The van der Waals surface area contributed by atoms with E-state index in [1.54, 1.807) is 0 Å². The molecule has 98 valence electrons. The average molecular weight is 240 g/mol. The molecule has 0 aromatic rings. The Kier molecular flexibility index (Phi) is 4.40. The number of carbonyl (C=O) groups excluding carboxylic acids is 1. The molecule has 2 fully saturated rings. The van der Waals surface area contributed by atoms with Crippen LogP contribution < -0.4 is 10.6 Å². The molecule has 1 heterocycles. The van der Waals surface area contributed by atoms with E-state index >= 15 is 0 Å². The van der Waals surface area contributed by atoms with Gasteiger partial charge in [-0.15, -0.1) is 0 Å². The summed E-state index contributed by atoms with van der Waals surface area (Å²) in [5, 5.41) is 16.0. The van der Waals surface area contributed by atoms with Gasteiger partial charge in [-0.3, -0.25) is 4.79 Å². The predicted octanol–water partition coefficient (Wildman–Crippen LogP) is 0.794. The molecule has 2 aliphatic rings. The molecule has 0 spiro atoms. The number of aliphatic hydroxyl groups is 1. The van der Waals surface area contributed by atoms with Crippen molar-refractivity contribution in [2.45, 2.75) is 63.6 Å². The minimum Gasteiger partial charge on any atom is -0.393 e. The molecule has 2 rings (SSSR count). The second-order valence-corrected chi connectivity index (χ2v) is 5.57. The van der Waals surface area contributed by atoms with Crippen LogP contribution in [0.1, 0.15) is 45.4 Å². The molecule has 4 nitrogen and oxygen atoms in total. The van der Waals surface area contributed by atoms with E-state index in [1.807, 2.05) is 0 Å². The molecule has 3 N–H and O–H groups in total. The van der Waals surface area contributed by atoms with Gasteiger partial charge in [-0.05, 0) is 44.6 Å². The first kappa shape index (κ1) is 12.8. The van der Waals surface area contributed by atoms with Gasteiger partial charge in [0, 0.05) is 6.04 Å². The van der Waals surface area contributed by atoms with Gasteiger partial charge in [0.2, 0.25) is 5.91 Å². The molecule has 1 saturated heterocycles. The lowest BCUT2D eigenvalue weighted by Crippen LogP contribution is -2.51. The first-order valence-electron chi connectivity index (χ1n) is 6.88. The number of hydrogen-bond acceptors (Lipinski definition) is 3. The molecule has 0 aromatic heterocycles. The van der Waals surface area contributed by atoms with Gasteiger partial charge in [0.25, 0.3) is 0 Å². The van der Waals surface area contributed by atoms with Crippen molar-refractivity contribution < 1.29 is 9.90 Å². The number of piperidine rings is 1. The minimum absolute atomic E-state index is 0.00547. The summed E-state index contributed by atoms with van der Waals surface area (Å²) >= 11 is 0. The molecule has 1 amide bonds. The molecule has 1 aliphatic heterocycles. The van der Waals surface area contributed by atoms with Crippen molar-refractivity contribution in [2.24, 2.45) is 5.92 Å². The van der Waals surface area contributed by atoms with E-state index in [9.17, 15) is 9.90 Å². The normalized spacial score (nSPS) is 38.7. The first-order valence-corrected chi connectivity index (χ1v) is 6.88. The fourth-order valence-electron chi connectivity index (χ4n) is 2.89. The minimum atomic E-state index is -0.184. The molecular formula is C13H24N2O2. The van der Waals surface area contributed by atoms with Gasteiger partial charge in [-0.1, -0.05) is 13.3 Å². The van der Waals surface area contributed by atoms with Crippen molar-refractivity contribution in [1.29, 1.82) is 0 Å². The Labute approximate surface area is 103 Å².